The van der Waals surface area contributed by atoms with Gasteiger partial charge in [0.1, 0.15) is 58.3 Å². The molecule has 2 aliphatic heterocycles. The summed E-state index contributed by atoms with van der Waals surface area (Å²) in [6, 6.07) is 0. The number of aliphatic hydroxyl groups is 6. The molecule has 0 bridgehead atoms. The van der Waals surface area contributed by atoms with E-state index in [1.165, 1.54) is 74.6 Å². The number of nitrogens with one attached hydrogen (secondary N) is 2. The molecule has 0 saturated carbocycles. The molecule has 16 nitrogen and oxygen atoms in total. The summed E-state index contributed by atoms with van der Waals surface area (Å²) in [5.41, 5.74) is 3.13. The largest absolute Gasteiger partial charge is 0.394 e. The van der Waals surface area contributed by atoms with Gasteiger partial charge in [-0.25, -0.2) is 9.59 Å². The van der Waals surface area contributed by atoms with Crippen molar-refractivity contribution in [2.45, 2.75) is 88.4 Å². The first-order chi connectivity index (χ1) is 27.0. The van der Waals surface area contributed by atoms with Crippen LogP contribution < -0.4 is 22.5 Å². The average molecular weight is 1170 g/mol. The van der Waals surface area contributed by atoms with E-state index in [1.54, 1.807) is 22.6 Å². The molecule has 2 saturated heterocycles. The van der Waals surface area contributed by atoms with Gasteiger partial charge in [0.05, 0.1) is 16.8 Å². The van der Waals surface area contributed by atoms with Crippen LogP contribution in [-0.4, -0.2) is 116 Å². The maximum absolute atomic E-state index is 12.0. The molecule has 0 amide bonds. The van der Waals surface area contributed by atoms with Gasteiger partial charge in [-0.3, -0.25) is 28.7 Å². The normalized spacial score (nSPS) is 23.0. The van der Waals surface area contributed by atoms with E-state index in [0.29, 0.717) is 0 Å². The van der Waals surface area contributed by atoms with E-state index >= 15 is 0 Å². The Labute approximate surface area is 388 Å². The number of H-pyrrole nitrogens is 2. The molecular weight excluding hydrogens is 1120 g/mol. The summed E-state index contributed by atoms with van der Waals surface area (Å²) >= 11 is 19.6. The molecule has 4 heterocycles. The first kappa shape index (κ1) is 57.7. The number of ether oxygens (including phenoxy) is 2. The van der Waals surface area contributed by atoms with Crippen LogP contribution in [-0.2, 0) is 116 Å². The zero-order chi connectivity index (χ0) is 45.0. The van der Waals surface area contributed by atoms with E-state index in [2.05, 4.69) is 91.4 Å². The number of hydrogen-bond acceptors (Lipinski definition) is 16. The molecule has 0 aromatic carbocycles. The van der Waals surface area contributed by atoms with Crippen LogP contribution in [0.5, 0.6) is 0 Å². The van der Waals surface area contributed by atoms with Crippen LogP contribution >= 0.6 is 22.6 Å². The van der Waals surface area contributed by atoms with Gasteiger partial charge in [0, 0.05) is 119 Å². The van der Waals surface area contributed by atoms with E-state index < -0.39 is 101 Å². The van der Waals surface area contributed by atoms with Gasteiger partial charge >= 0.3 is 11.4 Å². The van der Waals surface area contributed by atoms with Crippen molar-refractivity contribution >= 4 is 146 Å². The van der Waals surface area contributed by atoms with E-state index in [-0.39, 0.29) is 9.13 Å². The van der Waals surface area contributed by atoms with Gasteiger partial charge in [0.25, 0.3) is 11.1 Å². The summed E-state index contributed by atoms with van der Waals surface area (Å²) in [6.07, 6.45) is -2.18. The highest BCUT2D eigenvalue weighted by atomic mass is 127. The van der Waals surface area contributed by atoms with Gasteiger partial charge in [-0.1, -0.05) is 45.2 Å². The molecule has 2 aliphatic rings. The Morgan fingerprint density at radius 3 is 1.40 bits per heavy atom. The Hall–Kier alpha value is -0.256. The standard InChI is InChI=1S/C14H20N2O6Si.C9H11IN2O6.C5H10Si.S6.S5/c1-23(2,3)5-4-8-6-16(14(21)15-12(8)20)13-11(19)10(18)9(7-17)22-13;10-3-1-12(9(17)11-7(3)16)8-6(15)5(14)4(2-13)18-8;1-5-6(2,3)4;1-3-5-6-4-2;1-3-5-4-2/h6,9-11,13,17-19H,7H2,1-3H3,(H,15,20,21);1,4-6,8,13-15H,2H2,(H,11,16,17);1H,2-4H3;;/t9-,10+,11+,13-;4-,5+,6+,8-;;;/m11.../s1/i4+1,5+1;;1+1,5+1;;. The minimum atomic E-state index is -1.72. The fourth-order valence-electron chi connectivity index (χ4n) is 3.92. The lowest BCUT2D eigenvalue weighted by Gasteiger charge is -2.17. The predicted octanol–water partition coefficient (Wildman–Crippen LogP) is -2.40. The SMILES string of the molecule is C[Si](C)(C)[13C]#[13CH].C[Si](C)(C)[13C]#[13C]c1cn([C@@H]2O[C@H](CO)[C@H](O)[C@@H]2O)c(=O)[nH]c1=O.O=c1[nH]c(=O)n([C@@H]2O[C@H](CO)[C@H](O)[C@@H]2O)cc1I.S=S=S=S=S.S=S=S=S=S=S. The molecular formula is C28H41IN4O12S11Si2. The van der Waals surface area contributed by atoms with Gasteiger partial charge in [-0.2, -0.15) is 0 Å². The second kappa shape index (κ2) is 29.2. The van der Waals surface area contributed by atoms with E-state index in [4.69, 9.17) is 26.1 Å². The van der Waals surface area contributed by atoms with Gasteiger partial charge in [-0.05, 0) is 22.6 Å². The third kappa shape index (κ3) is 20.7. The summed E-state index contributed by atoms with van der Waals surface area (Å²) in [4.78, 5) is 50.8. The maximum Gasteiger partial charge on any atom is 0.330 e. The monoisotopic (exact) mass is 1160 g/mol. The average Bonchev–Trinajstić information content (AvgIpc) is 3.61. The smallest absolute Gasteiger partial charge is 0.330 e. The van der Waals surface area contributed by atoms with Crippen molar-refractivity contribution in [1.82, 2.24) is 19.1 Å². The van der Waals surface area contributed by atoms with Gasteiger partial charge in [0.2, 0.25) is 0 Å². The Bertz CT molecular complexity index is 2320. The Balaban J connectivity index is 0.000000814. The Morgan fingerprint density at radius 1 is 0.707 bits per heavy atom. The van der Waals surface area contributed by atoms with Crippen LogP contribution in [0, 0.1) is 27.0 Å². The molecule has 2 aromatic rings. The van der Waals surface area contributed by atoms with Crippen molar-refractivity contribution in [3.8, 4) is 23.4 Å². The van der Waals surface area contributed by atoms with E-state index in [9.17, 15) is 39.6 Å². The summed E-state index contributed by atoms with van der Waals surface area (Å²) in [5.74, 6) is 2.75. The highest BCUT2D eigenvalue weighted by molar-refractivity contribution is 14.1. The van der Waals surface area contributed by atoms with Crippen LogP contribution in [0.4, 0.5) is 0 Å². The van der Waals surface area contributed by atoms with Crippen LogP contribution in [0.2, 0.25) is 39.3 Å². The molecule has 0 spiro atoms. The molecule has 0 radical (unpaired) electrons. The van der Waals surface area contributed by atoms with Crippen molar-refractivity contribution in [2.24, 2.45) is 0 Å². The predicted molar refractivity (Wildman–Crippen MR) is 265 cm³/mol. The lowest BCUT2D eigenvalue weighted by molar-refractivity contribution is -0.0551. The Morgan fingerprint density at radius 2 is 1.09 bits per heavy atom. The van der Waals surface area contributed by atoms with Gasteiger partial charge < -0.3 is 40.1 Å². The van der Waals surface area contributed by atoms with Crippen molar-refractivity contribution in [1.29, 1.82) is 0 Å². The Kier molecular flexibility index (Phi) is 29.0. The van der Waals surface area contributed by atoms with Crippen LogP contribution in [0.3, 0.4) is 0 Å². The first-order valence-corrected chi connectivity index (χ1v) is 35.9. The number of aliphatic hydroxyl groups excluding tert-OH is 6. The third-order valence-electron chi connectivity index (χ3n) is 6.62. The second-order valence-corrected chi connectivity index (χ2v) is 36.3. The van der Waals surface area contributed by atoms with E-state index in [0.717, 1.165) is 9.13 Å². The number of aromatic nitrogens is 4. The van der Waals surface area contributed by atoms with Crippen molar-refractivity contribution in [2.75, 3.05) is 13.2 Å². The van der Waals surface area contributed by atoms with Crippen molar-refractivity contribution in [3.63, 3.8) is 0 Å². The van der Waals surface area contributed by atoms with Crippen LogP contribution in [0.1, 0.15) is 18.0 Å². The number of hydrogen-bond donors (Lipinski definition) is 8. The van der Waals surface area contributed by atoms with Crippen LogP contribution in [0.25, 0.3) is 0 Å². The zero-order valence-electron chi connectivity index (χ0n) is 31.2. The molecule has 8 N–H and O–H groups in total. The fourth-order valence-corrected chi connectivity index (χ4v) is 13.1. The quantitative estimate of drug-likeness (QED) is 0.0689. The van der Waals surface area contributed by atoms with Crippen molar-refractivity contribution in [3.05, 3.63) is 63.2 Å². The fraction of sp³-hybridized carbons (Fsp3) is 0.571. The second-order valence-electron chi connectivity index (χ2n) is 13.2. The molecule has 30 heteroatoms. The maximum atomic E-state index is 12.0. The number of rotatable bonds is 4. The molecule has 0 unspecified atom stereocenters. The summed E-state index contributed by atoms with van der Waals surface area (Å²) < 4.78 is 12.7. The summed E-state index contributed by atoms with van der Waals surface area (Å²) in [6.45, 7) is 11.5. The molecule has 0 aliphatic carbocycles. The number of nitrogens with zero attached hydrogens (tertiary/aromatic N) is 2. The number of terminal acetylenes is 1. The van der Waals surface area contributed by atoms with Crippen LogP contribution in [0.15, 0.2) is 31.6 Å². The number of halogens is 1. The highest BCUT2D eigenvalue weighted by Crippen LogP contribution is 2.29. The van der Waals surface area contributed by atoms with Gasteiger partial charge in [0.15, 0.2) is 12.5 Å². The zero-order valence-corrected chi connectivity index (χ0v) is 44.3. The molecule has 58 heavy (non-hydrogen) atoms. The summed E-state index contributed by atoms with van der Waals surface area (Å²) in [7, 11) is 6.76. The molecule has 2 aromatic heterocycles. The number of aromatic amines is 2. The third-order valence-corrected chi connectivity index (χ3v) is 20.2. The molecule has 4 rings (SSSR count). The highest BCUT2D eigenvalue weighted by Gasteiger charge is 2.45. The van der Waals surface area contributed by atoms with Gasteiger partial charge in [-0.15, -0.1) is 17.5 Å². The first-order valence-electron chi connectivity index (χ1n) is 15.8. The lowest BCUT2D eigenvalue weighted by Crippen LogP contribution is -2.38. The molecule has 326 valence electrons. The molecule has 8 atom stereocenters. The summed E-state index contributed by atoms with van der Waals surface area (Å²) in [5, 5.41) is 57.1. The van der Waals surface area contributed by atoms with E-state index in [1.807, 2.05) is 19.6 Å². The molecule has 2 fully saturated rings. The minimum absolute atomic E-state index is 0.0739. The minimum Gasteiger partial charge on any atom is -0.394 e. The lowest BCUT2D eigenvalue weighted by atomic mass is 10.1. The topological polar surface area (TPSA) is 250 Å². The van der Waals surface area contributed by atoms with Crippen molar-refractivity contribution < 1.29 is 40.1 Å².